The summed E-state index contributed by atoms with van der Waals surface area (Å²) in [6.07, 6.45) is 5.29. The van der Waals surface area contributed by atoms with Crippen molar-refractivity contribution in [2.24, 2.45) is 0 Å². The molecule has 1 aromatic carbocycles. The van der Waals surface area contributed by atoms with E-state index in [4.69, 9.17) is 11.6 Å². The lowest BCUT2D eigenvalue weighted by atomic mass is 9.83. The SMILES string of the molecule is CC/C(C)=C(\C(Cl)CN1CCCCC1)C(c1ccccc1)C1NCCN1. The summed E-state index contributed by atoms with van der Waals surface area (Å²) in [5.41, 5.74) is 4.20. The lowest BCUT2D eigenvalue weighted by Crippen LogP contribution is -2.42. The summed E-state index contributed by atoms with van der Waals surface area (Å²) in [4.78, 5) is 2.56. The minimum atomic E-state index is 0.0578. The Morgan fingerprint density at radius 3 is 2.38 bits per heavy atom. The summed E-state index contributed by atoms with van der Waals surface area (Å²) in [5, 5.41) is 7.37. The largest absolute Gasteiger partial charge is 0.302 e. The Morgan fingerprint density at radius 2 is 1.77 bits per heavy atom. The Labute approximate surface area is 164 Å². The third-order valence-electron chi connectivity index (χ3n) is 5.91. The van der Waals surface area contributed by atoms with Crippen molar-refractivity contribution in [3.05, 3.63) is 47.0 Å². The second-order valence-corrected chi connectivity index (χ2v) is 8.22. The number of hydrogen-bond acceptors (Lipinski definition) is 3. The van der Waals surface area contributed by atoms with E-state index in [0.717, 1.165) is 26.1 Å². The van der Waals surface area contributed by atoms with Crippen LogP contribution in [0.3, 0.4) is 0 Å². The lowest BCUT2D eigenvalue weighted by Gasteiger charge is -2.35. The number of halogens is 1. The number of likely N-dealkylation sites (tertiary alicyclic amines) is 1. The molecule has 0 radical (unpaired) electrons. The molecule has 0 saturated carbocycles. The highest BCUT2D eigenvalue weighted by molar-refractivity contribution is 6.22. The first-order valence-electron chi connectivity index (χ1n) is 10.3. The van der Waals surface area contributed by atoms with Gasteiger partial charge in [0, 0.05) is 25.6 Å². The van der Waals surface area contributed by atoms with Gasteiger partial charge in [0.25, 0.3) is 0 Å². The number of hydrogen-bond donors (Lipinski definition) is 2. The second-order valence-electron chi connectivity index (χ2n) is 7.69. The Bertz CT molecular complexity index is 574. The van der Waals surface area contributed by atoms with Gasteiger partial charge in [0.1, 0.15) is 0 Å². The first-order chi connectivity index (χ1) is 12.7. The fraction of sp³-hybridized carbons (Fsp3) is 0.636. The molecule has 0 spiro atoms. The summed E-state index contributed by atoms with van der Waals surface area (Å²) in [5.74, 6) is 0.283. The maximum Gasteiger partial charge on any atom is 0.0682 e. The number of allylic oxidation sites excluding steroid dienone is 1. The van der Waals surface area contributed by atoms with Crippen molar-refractivity contribution >= 4 is 11.6 Å². The lowest BCUT2D eigenvalue weighted by molar-refractivity contribution is 0.231. The molecule has 2 fully saturated rings. The quantitative estimate of drug-likeness (QED) is 0.554. The van der Waals surface area contributed by atoms with Gasteiger partial charge in [-0.1, -0.05) is 49.2 Å². The van der Waals surface area contributed by atoms with Crippen molar-refractivity contribution in [1.82, 2.24) is 15.5 Å². The van der Waals surface area contributed by atoms with Gasteiger partial charge in [-0.15, -0.1) is 11.6 Å². The molecular formula is C22H34ClN3. The molecule has 2 heterocycles. The van der Waals surface area contributed by atoms with Crippen LogP contribution < -0.4 is 10.6 Å². The van der Waals surface area contributed by atoms with Crippen molar-refractivity contribution in [3.8, 4) is 0 Å². The molecule has 144 valence electrons. The monoisotopic (exact) mass is 375 g/mol. The molecule has 2 unspecified atom stereocenters. The zero-order valence-corrected chi connectivity index (χ0v) is 17.1. The van der Waals surface area contributed by atoms with Crippen LogP contribution >= 0.6 is 11.6 Å². The van der Waals surface area contributed by atoms with Crippen LogP contribution in [0.2, 0.25) is 0 Å². The van der Waals surface area contributed by atoms with Gasteiger partial charge in [0.15, 0.2) is 0 Å². The zero-order chi connectivity index (χ0) is 18.4. The smallest absolute Gasteiger partial charge is 0.0682 e. The predicted molar refractivity (Wildman–Crippen MR) is 112 cm³/mol. The van der Waals surface area contributed by atoms with E-state index in [1.165, 1.54) is 49.1 Å². The highest BCUT2D eigenvalue weighted by Crippen LogP contribution is 2.36. The molecule has 4 heteroatoms. The Kier molecular flexibility index (Phi) is 7.56. The molecule has 3 nitrogen and oxygen atoms in total. The molecular weight excluding hydrogens is 342 g/mol. The van der Waals surface area contributed by atoms with Crippen LogP contribution in [0.4, 0.5) is 0 Å². The minimum Gasteiger partial charge on any atom is -0.302 e. The molecule has 2 aliphatic heterocycles. The normalized spacial score (nSPS) is 22.9. The molecule has 0 bridgehead atoms. The molecule has 26 heavy (non-hydrogen) atoms. The molecule has 2 atom stereocenters. The number of piperidine rings is 1. The fourth-order valence-electron chi connectivity index (χ4n) is 4.37. The van der Waals surface area contributed by atoms with Gasteiger partial charge in [-0.05, 0) is 50.4 Å². The molecule has 2 N–H and O–H groups in total. The van der Waals surface area contributed by atoms with Crippen LogP contribution in [0.1, 0.15) is 51.0 Å². The third kappa shape index (κ3) is 4.89. The summed E-state index contributed by atoms with van der Waals surface area (Å²) in [7, 11) is 0. The molecule has 1 aromatic rings. The van der Waals surface area contributed by atoms with Crippen LogP contribution in [-0.4, -0.2) is 49.2 Å². The van der Waals surface area contributed by atoms with Crippen LogP contribution in [0.5, 0.6) is 0 Å². The van der Waals surface area contributed by atoms with Crippen molar-refractivity contribution in [2.45, 2.75) is 57.0 Å². The van der Waals surface area contributed by atoms with E-state index in [1.807, 2.05) is 0 Å². The van der Waals surface area contributed by atoms with E-state index in [2.05, 4.69) is 59.7 Å². The number of nitrogens with one attached hydrogen (secondary N) is 2. The summed E-state index contributed by atoms with van der Waals surface area (Å²) in [6, 6.07) is 10.9. The molecule has 0 aliphatic carbocycles. The van der Waals surface area contributed by atoms with Gasteiger partial charge in [-0.3, -0.25) is 10.6 Å². The van der Waals surface area contributed by atoms with E-state index >= 15 is 0 Å². The fourth-order valence-corrected chi connectivity index (χ4v) is 4.89. The number of benzene rings is 1. The summed E-state index contributed by atoms with van der Waals surface area (Å²) < 4.78 is 0. The van der Waals surface area contributed by atoms with Gasteiger partial charge in [0.05, 0.1) is 11.5 Å². The zero-order valence-electron chi connectivity index (χ0n) is 16.3. The summed E-state index contributed by atoms with van der Waals surface area (Å²) >= 11 is 7.12. The van der Waals surface area contributed by atoms with Crippen molar-refractivity contribution < 1.29 is 0 Å². The van der Waals surface area contributed by atoms with Crippen molar-refractivity contribution in [1.29, 1.82) is 0 Å². The second kappa shape index (κ2) is 9.89. The van der Waals surface area contributed by atoms with Gasteiger partial charge in [0.2, 0.25) is 0 Å². The number of rotatable bonds is 7. The van der Waals surface area contributed by atoms with Crippen molar-refractivity contribution in [2.75, 3.05) is 32.7 Å². The van der Waals surface area contributed by atoms with E-state index in [-0.39, 0.29) is 17.5 Å². The molecule has 3 rings (SSSR count). The maximum atomic E-state index is 7.12. The summed E-state index contributed by atoms with van der Waals surface area (Å²) in [6.45, 7) is 9.90. The van der Waals surface area contributed by atoms with Gasteiger partial charge >= 0.3 is 0 Å². The molecule has 2 aliphatic rings. The van der Waals surface area contributed by atoms with Crippen LogP contribution in [-0.2, 0) is 0 Å². The predicted octanol–water partition coefficient (Wildman–Crippen LogP) is 4.11. The average Bonchev–Trinajstić information content (AvgIpc) is 3.21. The first kappa shape index (κ1) is 19.9. The Morgan fingerprint density at radius 1 is 1.12 bits per heavy atom. The minimum absolute atomic E-state index is 0.0578. The highest BCUT2D eigenvalue weighted by Gasteiger charge is 2.33. The standard InChI is InChI=1S/C22H34ClN3/c1-3-17(2)20(19(23)16-26-14-8-5-9-15-26)21(22-24-12-13-25-22)18-10-6-4-7-11-18/h4,6-7,10-11,19,21-22,24-25H,3,5,8-9,12-16H2,1-2H3/b20-17+. The van der Waals surface area contributed by atoms with Crippen LogP contribution in [0.15, 0.2) is 41.5 Å². The van der Waals surface area contributed by atoms with E-state index in [1.54, 1.807) is 0 Å². The first-order valence-corrected chi connectivity index (χ1v) is 10.7. The average molecular weight is 376 g/mol. The highest BCUT2D eigenvalue weighted by atomic mass is 35.5. The number of nitrogens with zero attached hydrogens (tertiary/aromatic N) is 1. The van der Waals surface area contributed by atoms with E-state index in [9.17, 15) is 0 Å². The van der Waals surface area contributed by atoms with Gasteiger partial charge < -0.3 is 4.90 Å². The van der Waals surface area contributed by atoms with Crippen molar-refractivity contribution in [3.63, 3.8) is 0 Å². The molecule has 0 amide bonds. The maximum absolute atomic E-state index is 7.12. The van der Waals surface area contributed by atoms with Gasteiger partial charge in [-0.2, -0.15) is 0 Å². The Hall–Kier alpha value is -0.870. The van der Waals surface area contributed by atoms with E-state index < -0.39 is 0 Å². The third-order valence-corrected chi connectivity index (χ3v) is 6.28. The molecule has 0 aromatic heterocycles. The Balaban J connectivity index is 1.89. The topological polar surface area (TPSA) is 27.3 Å². The van der Waals surface area contributed by atoms with E-state index in [0.29, 0.717) is 0 Å². The van der Waals surface area contributed by atoms with Crippen LogP contribution in [0, 0.1) is 0 Å². The number of alkyl halides is 1. The molecule has 2 saturated heterocycles. The van der Waals surface area contributed by atoms with Gasteiger partial charge in [-0.25, -0.2) is 0 Å². The van der Waals surface area contributed by atoms with Crippen LogP contribution in [0.25, 0.3) is 0 Å².